The van der Waals surface area contributed by atoms with Gasteiger partial charge in [-0.15, -0.1) is 0 Å². The van der Waals surface area contributed by atoms with Gasteiger partial charge in [0.25, 0.3) is 0 Å². The van der Waals surface area contributed by atoms with Gasteiger partial charge < -0.3 is 14.6 Å². The number of ether oxygens (including phenoxy) is 2. The molecule has 4 nitrogen and oxygen atoms in total. The van der Waals surface area contributed by atoms with Crippen molar-refractivity contribution in [3.05, 3.63) is 28.2 Å². The zero-order valence-electron chi connectivity index (χ0n) is 9.07. The van der Waals surface area contributed by atoms with Crippen LogP contribution in [0.2, 0.25) is 0 Å². The van der Waals surface area contributed by atoms with E-state index >= 15 is 0 Å². The molecule has 0 radical (unpaired) electrons. The van der Waals surface area contributed by atoms with Crippen LogP contribution in [0.4, 0.5) is 0 Å². The summed E-state index contributed by atoms with van der Waals surface area (Å²) in [5.74, 6) is -0.471. The van der Waals surface area contributed by atoms with Crippen LogP contribution in [0.15, 0.2) is 22.7 Å². The highest BCUT2D eigenvalue weighted by molar-refractivity contribution is 9.10. The first kappa shape index (κ1) is 13.0. The maximum atomic E-state index is 10.8. The summed E-state index contributed by atoms with van der Waals surface area (Å²) in [6.45, 7) is 2.24. The van der Waals surface area contributed by atoms with Gasteiger partial charge in [0.2, 0.25) is 0 Å². The molecule has 0 saturated carbocycles. The third kappa shape index (κ3) is 3.50. The van der Waals surface area contributed by atoms with Crippen LogP contribution in [0.25, 0.3) is 0 Å². The normalized spacial score (nSPS) is 12.2. The number of hydrogen-bond acceptors (Lipinski definition) is 3. The summed E-state index contributed by atoms with van der Waals surface area (Å²) in [7, 11) is 1.59. The summed E-state index contributed by atoms with van der Waals surface area (Å²) in [6.07, 6.45) is -0.0413. The van der Waals surface area contributed by atoms with E-state index in [1.165, 1.54) is 12.1 Å². The number of benzene rings is 1. The first-order valence-electron chi connectivity index (χ1n) is 4.73. The van der Waals surface area contributed by atoms with Crippen molar-refractivity contribution in [2.45, 2.75) is 13.0 Å². The molecule has 1 unspecified atom stereocenters. The lowest BCUT2D eigenvalue weighted by atomic mass is 10.2. The number of carboxylic acid groups (broad SMARTS) is 1. The van der Waals surface area contributed by atoms with Gasteiger partial charge in [0.05, 0.1) is 16.1 Å². The lowest BCUT2D eigenvalue weighted by Crippen LogP contribution is -2.16. The van der Waals surface area contributed by atoms with Crippen LogP contribution in [0.1, 0.15) is 17.3 Å². The standard InChI is InChI=1S/C11H13BrO4/c1-7(15-2)6-16-10-5-8(11(13)14)3-4-9(10)12/h3-5,7H,6H2,1-2H3,(H,13,14). The molecule has 0 heterocycles. The Bertz CT molecular complexity index is 378. The van der Waals surface area contributed by atoms with Crippen molar-refractivity contribution >= 4 is 21.9 Å². The van der Waals surface area contributed by atoms with Crippen molar-refractivity contribution in [2.24, 2.45) is 0 Å². The Morgan fingerprint density at radius 2 is 2.25 bits per heavy atom. The van der Waals surface area contributed by atoms with E-state index in [0.29, 0.717) is 12.4 Å². The van der Waals surface area contributed by atoms with Crippen molar-refractivity contribution in [1.29, 1.82) is 0 Å². The third-order valence-corrected chi connectivity index (χ3v) is 2.71. The summed E-state index contributed by atoms with van der Waals surface area (Å²) in [5.41, 5.74) is 0.197. The predicted molar refractivity (Wildman–Crippen MR) is 63.1 cm³/mol. The molecule has 0 bridgehead atoms. The predicted octanol–water partition coefficient (Wildman–Crippen LogP) is 2.56. The van der Waals surface area contributed by atoms with Crippen LogP contribution in [0.5, 0.6) is 5.75 Å². The molecule has 0 amide bonds. The molecule has 0 aliphatic heterocycles. The van der Waals surface area contributed by atoms with Gasteiger partial charge in [0.15, 0.2) is 0 Å². The molecule has 5 heteroatoms. The number of methoxy groups -OCH3 is 1. The molecule has 1 atom stereocenters. The first-order chi connectivity index (χ1) is 7.54. The fourth-order valence-electron chi connectivity index (χ4n) is 1.02. The average molecular weight is 289 g/mol. The van der Waals surface area contributed by atoms with Gasteiger partial charge >= 0.3 is 5.97 Å². The zero-order valence-corrected chi connectivity index (χ0v) is 10.7. The van der Waals surface area contributed by atoms with E-state index in [-0.39, 0.29) is 11.7 Å². The Balaban J connectivity index is 2.78. The first-order valence-corrected chi connectivity index (χ1v) is 5.52. The molecule has 0 saturated heterocycles. The van der Waals surface area contributed by atoms with Gasteiger partial charge in [-0.05, 0) is 41.1 Å². The molecular formula is C11H13BrO4. The minimum Gasteiger partial charge on any atom is -0.490 e. The van der Waals surface area contributed by atoms with Crippen LogP contribution in [0.3, 0.4) is 0 Å². The fourth-order valence-corrected chi connectivity index (χ4v) is 1.38. The van der Waals surface area contributed by atoms with Crippen LogP contribution in [0, 0.1) is 0 Å². The van der Waals surface area contributed by atoms with E-state index in [9.17, 15) is 4.79 Å². The highest BCUT2D eigenvalue weighted by Crippen LogP contribution is 2.26. The molecule has 1 rings (SSSR count). The molecule has 0 spiro atoms. The van der Waals surface area contributed by atoms with Crippen LogP contribution < -0.4 is 4.74 Å². The van der Waals surface area contributed by atoms with E-state index in [1.54, 1.807) is 13.2 Å². The van der Waals surface area contributed by atoms with Gasteiger partial charge in [-0.2, -0.15) is 0 Å². The largest absolute Gasteiger partial charge is 0.490 e. The molecular weight excluding hydrogens is 276 g/mol. The van der Waals surface area contributed by atoms with Crippen LogP contribution >= 0.6 is 15.9 Å². The number of hydrogen-bond donors (Lipinski definition) is 1. The van der Waals surface area contributed by atoms with Crippen molar-refractivity contribution in [3.8, 4) is 5.75 Å². The van der Waals surface area contributed by atoms with Crippen molar-refractivity contribution in [1.82, 2.24) is 0 Å². The smallest absolute Gasteiger partial charge is 0.335 e. The highest BCUT2D eigenvalue weighted by atomic mass is 79.9. The van der Waals surface area contributed by atoms with E-state index in [4.69, 9.17) is 14.6 Å². The molecule has 1 aromatic carbocycles. The van der Waals surface area contributed by atoms with Gasteiger partial charge in [-0.3, -0.25) is 0 Å². The molecule has 0 fully saturated rings. The number of rotatable bonds is 5. The number of carbonyl (C=O) groups is 1. The second-order valence-electron chi connectivity index (χ2n) is 3.31. The second-order valence-corrected chi connectivity index (χ2v) is 4.16. The quantitative estimate of drug-likeness (QED) is 0.905. The lowest BCUT2D eigenvalue weighted by molar-refractivity contribution is 0.0688. The Morgan fingerprint density at radius 1 is 1.56 bits per heavy atom. The molecule has 88 valence electrons. The fraction of sp³-hybridized carbons (Fsp3) is 0.364. The van der Waals surface area contributed by atoms with E-state index in [0.717, 1.165) is 4.47 Å². The average Bonchev–Trinajstić information content (AvgIpc) is 2.27. The van der Waals surface area contributed by atoms with Gasteiger partial charge in [-0.25, -0.2) is 4.79 Å². The van der Waals surface area contributed by atoms with Gasteiger partial charge in [0, 0.05) is 7.11 Å². The number of aromatic carboxylic acids is 1. The van der Waals surface area contributed by atoms with Gasteiger partial charge in [-0.1, -0.05) is 0 Å². The molecule has 16 heavy (non-hydrogen) atoms. The molecule has 0 aromatic heterocycles. The van der Waals surface area contributed by atoms with Crippen LogP contribution in [-0.2, 0) is 4.74 Å². The summed E-state index contributed by atoms with van der Waals surface area (Å²) in [6, 6.07) is 4.64. The second kappa shape index (κ2) is 5.86. The summed E-state index contributed by atoms with van der Waals surface area (Å²) >= 11 is 3.29. The Kier molecular flexibility index (Phi) is 4.76. The van der Waals surface area contributed by atoms with E-state index in [1.807, 2.05) is 6.92 Å². The third-order valence-electron chi connectivity index (χ3n) is 2.05. The minimum atomic E-state index is -0.975. The molecule has 0 aliphatic carbocycles. The maximum Gasteiger partial charge on any atom is 0.335 e. The van der Waals surface area contributed by atoms with Crippen molar-refractivity contribution in [3.63, 3.8) is 0 Å². The van der Waals surface area contributed by atoms with Gasteiger partial charge in [0.1, 0.15) is 12.4 Å². The zero-order chi connectivity index (χ0) is 12.1. The number of carboxylic acids is 1. The summed E-state index contributed by atoms with van der Waals surface area (Å²) < 4.78 is 11.2. The summed E-state index contributed by atoms with van der Waals surface area (Å²) in [4.78, 5) is 10.8. The Labute approximate surface area is 102 Å². The monoisotopic (exact) mass is 288 g/mol. The Morgan fingerprint density at radius 3 is 2.81 bits per heavy atom. The summed E-state index contributed by atoms with van der Waals surface area (Å²) in [5, 5.41) is 8.83. The lowest BCUT2D eigenvalue weighted by Gasteiger charge is -2.12. The minimum absolute atomic E-state index is 0.0413. The highest BCUT2D eigenvalue weighted by Gasteiger charge is 2.09. The van der Waals surface area contributed by atoms with Crippen molar-refractivity contribution in [2.75, 3.05) is 13.7 Å². The van der Waals surface area contributed by atoms with Crippen LogP contribution in [-0.4, -0.2) is 30.9 Å². The Hall–Kier alpha value is -1.07. The van der Waals surface area contributed by atoms with E-state index in [2.05, 4.69) is 15.9 Å². The molecule has 0 aliphatic rings. The molecule has 1 aromatic rings. The van der Waals surface area contributed by atoms with Crippen molar-refractivity contribution < 1.29 is 19.4 Å². The number of halogens is 1. The topological polar surface area (TPSA) is 55.8 Å². The van der Waals surface area contributed by atoms with E-state index < -0.39 is 5.97 Å². The maximum absolute atomic E-state index is 10.8. The SMILES string of the molecule is COC(C)COc1cc(C(=O)O)ccc1Br. The molecule has 1 N–H and O–H groups in total.